The Morgan fingerprint density at radius 3 is 2.20 bits per heavy atom. The number of hydrogen-bond donors (Lipinski definition) is 3. The Morgan fingerprint density at radius 2 is 1.65 bits per heavy atom. The number of alkyl carbamates (subject to hydrolysis) is 1. The number of carboxylic acid groups (broad SMARTS) is 1. The highest BCUT2D eigenvalue weighted by Crippen LogP contribution is 2.23. The van der Waals surface area contributed by atoms with E-state index in [-0.39, 0.29) is 24.8 Å². The summed E-state index contributed by atoms with van der Waals surface area (Å²) in [6.07, 6.45) is -0.212. The molecular weight excluding hydrogens is 513 g/mol. The van der Waals surface area contributed by atoms with Gasteiger partial charge in [0.1, 0.15) is 17.2 Å². The fourth-order valence-electron chi connectivity index (χ4n) is 4.31. The Bertz CT molecular complexity index is 1270. The second-order valence-electron chi connectivity index (χ2n) is 11.1. The number of aliphatic carboxylic acids is 1. The second kappa shape index (κ2) is 13.4. The highest BCUT2D eigenvalue weighted by atomic mass is 19.1. The zero-order chi connectivity index (χ0) is 29.4. The first-order valence-corrected chi connectivity index (χ1v) is 13.2. The van der Waals surface area contributed by atoms with Gasteiger partial charge in [0.15, 0.2) is 0 Å². The molecule has 1 amide bonds. The number of nitrogens with zero attached hydrogens (tertiary/aromatic N) is 2. The number of halogens is 1. The predicted octanol–water partition coefficient (Wildman–Crippen LogP) is 5.08. The van der Waals surface area contributed by atoms with Crippen LogP contribution in [0.25, 0.3) is 11.1 Å². The molecule has 2 aromatic carbocycles. The van der Waals surface area contributed by atoms with Crippen molar-refractivity contribution in [3.05, 3.63) is 83.8 Å². The summed E-state index contributed by atoms with van der Waals surface area (Å²) in [5, 5.41) is 23.7. The molecule has 0 saturated heterocycles. The van der Waals surface area contributed by atoms with Gasteiger partial charge in [0.05, 0.1) is 18.1 Å². The quantitative estimate of drug-likeness (QED) is 0.305. The fourth-order valence-corrected chi connectivity index (χ4v) is 4.31. The summed E-state index contributed by atoms with van der Waals surface area (Å²) in [4.78, 5) is 31.0. The first-order valence-electron chi connectivity index (χ1n) is 13.2. The van der Waals surface area contributed by atoms with Crippen LogP contribution < -0.4 is 10.2 Å². The number of rotatable bonds is 11. The lowest BCUT2D eigenvalue weighted by molar-refractivity contribution is -0.143. The molecule has 3 N–H and O–H groups in total. The van der Waals surface area contributed by atoms with Crippen molar-refractivity contribution in [2.24, 2.45) is 5.92 Å². The number of carbonyl (C=O) groups excluding carboxylic acids is 1. The van der Waals surface area contributed by atoms with Crippen LogP contribution in [0, 0.1) is 11.7 Å². The van der Waals surface area contributed by atoms with Crippen LogP contribution >= 0.6 is 0 Å². The minimum atomic E-state index is -1.23. The van der Waals surface area contributed by atoms with E-state index in [4.69, 9.17) is 4.74 Å². The Kier molecular flexibility index (Phi) is 10.2. The van der Waals surface area contributed by atoms with Gasteiger partial charge in [-0.05, 0) is 74.9 Å². The molecule has 0 saturated carbocycles. The number of carbonyl (C=O) groups is 2. The normalized spacial score (nSPS) is 13.7. The molecule has 8 nitrogen and oxygen atoms in total. The number of hydrogen-bond acceptors (Lipinski definition) is 6. The van der Waals surface area contributed by atoms with Gasteiger partial charge < -0.3 is 25.2 Å². The van der Waals surface area contributed by atoms with Crippen LogP contribution in [0.15, 0.2) is 66.9 Å². The van der Waals surface area contributed by atoms with E-state index in [1.165, 1.54) is 18.2 Å². The number of nitrogens with one attached hydrogen (secondary N) is 1. The van der Waals surface area contributed by atoms with E-state index in [1.807, 2.05) is 55.4 Å². The molecule has 214 valence electrons. The summed E-state index contributed by atoms with van der Waals surface area (Å²) in [5.74, 6) is -1.87. The Balaban J connectivity index is 1.78. The van der Waals surface area contributed by atoms with E-state index >= 15 is 0 Å². The number of benzene rings is 2. The number of anilines is 1. The minimum Gasteiger partial charge on any atom is -0.481 e. The van der Waals surface area contributed by atoms with Gasteiger partial charge in [-0.2, -0.15) is 0 Å². The van der Waals surface area contributed by atoms with Crippen molar-refractivity contribution in [2.75, 3.05) is 19.0 Å². The van der Waals surface area contributed by atoms with E-state index in [0.29, 0.717) is 0 Å². The molecule has 1 heterocycles. The van der Waals surface area contributed by atoms with Gasteiger partial charge in [0.25, 0.3) is 0 Å². The lowest BCUT2D eigenvalue weighted by Gasteiger charge is -2.28. The average Bonchev–Trinajstić information content (AvgIpc) is 2.88. The Labute approximate surface area is 234 Å². The lowest BCUT2D eigenvalue weighted by atomic mass is 9.89. The highest BCUT2D eigenvalue weighted by Gasteiger charge is 2.30. The van der Waals surface area contributed by atoms with Crippen LogP contribution in [0.4, 0.5) is 15.0 Å². The van der Waals surface area contributed by atoms with Crippen LogP contribution in [0.2, 0.25) is 0 Å². The Hall–Kier alpha value is -3.98. The molecule has 3 unspecified atom stereocenters. The standard InChI is InChI=1S/C31H38FN3O5/c1-31(2,3)40-30(39)34-26(27(36)18-24(29(37)38)17-22-8-6-7-9-25(22)32)16-20-10-12-21(13-11-20)23-14-15-28(33-19-23)35(4)5/h6-15,19,24,26-27,36H,16-18H2,1-5H3,(H,34,39)(H,37,38). The van der Waals surface area contributed by atoms with Crippen molar-refractivity contribution in [3.63, 3.8) is 0 Å². The van der Waals surface area contributed by atoms with Gasteiger partial charge >= 0.3 is 12.1 Å². The van der Waals surface area contributed by atoms with Crippen LogP contribution in [0.3, 0.4) is 0 Å². The molecular formula is C31H38FN3O5. The summed E-state index contributed by atoms with van der Waals surface area (Å²) >= 11 is 0. The van der Waals surface area contributed by atoms with Gasteiger partial charge in [-0.15, -0.1) is 0 Å². The number of pyridine rings is 1. The molecule has 3 aromatic rings. The van der Waals surface area contributed by atoms with Crippen LogP contribution in [0.1, 0.15) is 38.3 Å². The third-order valence-corrected chi connectivity index (χ3v) is 6.41. The summed E-state index contributed by atoms with van der Waals surface area (Å²) in [6, 6.07) is 16.7. The SMILES string of the molecule is CN(C)c1ccc(-c2ccc(CC(NC(=O)OC(C)(C)C)C(O)CC(Cc3ccccc3F)C(=O)O)cc2)cn1. The van der Waals surface area contributed by atoms with Crippen molar-refractivity contribution in [1.82, 2.24) is 10.3 Å². The monoisotopic (exact) mass is 551 g/mol. The van der Waals surface area contributed by atoms with Crippen molar-refractivity contribution in [3.8, 4) is 11.1 Å². The molecule has 0 aliphatic rings. The molecule has 3 rings (SSSR count). The summed E-state index contributed by atoms with van der Waals surface area (Å²) < 4.78 is 19.6. The summed E-state index contributed by atoms with van der Waals surface area (Å²) in [6.45, 7) is 5.18. The van der Waals surface area contributed by atoms with Gasteiger partial charge in [-0.1, -0.05) is 42.5 Å². The molecule has 0 radical (unpaired) electrons. The van der Waals surface area contributed by atoms with E-state index in [2.05, 4.69) is 10.3 Å². The molecule has 9 heteroatoms. The molecule has 0 spiro atoms. The molecule has 0 bridgehead atoms. The molecule has 0 aliphatic carbocycles. The number of carboxylic acids is 1. The van der Waals surface area contributed by atoms with E-state index < -0.39 is 41.5 Å². The van der Waals surface area contributed by atoms with Crippen molar-refractivity contribution >= 4 is 17.9 Å². The van der Waals surface area contributed by atoms with Gasteiger partial charge in [-0.25, -0.2) is 14.2 Å². The zero-order valence-corrected chi connectivity index (χ0v) is 23.6. The number of ether oxygens (including phenoxy) is 1. The van der Waals surface area contributed by atoms with Crippen molar-refractivity contribution < 1.29 is 28.9 Å². The maximum absolute atomic E-state index is 14.2. The van der Waals surface area contributed by atoms with E-state index in [1.54, 1.807) is 33.0 Å². The predicted molar refractivity (Wildman–Crippen MR) is 153 cm³/mol. The van der Waals surface area contributed by atoms with Gasteiger partial charge in [0, 0.05) is 25.9 Å². The minimum absolute atomic E-state index is 0.0897. The largest absolute Gasteiger partial charge is 0.481 e. The summed E-state index contributed by atoms with van der Waals surface area (Å²) in [7, 11) is 3.84. The smallest absolute Gasteiger partial charge is 0.407 e. The Morgan fingerprint density at radius 1 is 1.00 bits per heavy atom. The fraction of sp³-hybridized carbons (Fsp3) is 0.387. The third kappa shape index (κ3) is 9.05. The first-order chi connectivity index (χ1) is 18.8. The first kappa shape index (κ1) is 30.6. The van der Waals surface area contributed by atoms with Gasteiger partial charge in [-0.3, -0.25) is 4.79 Å². The summed E-state index contributed by atoms with van der Waals surface area (Å²) in [5.41, 5.74) is 2.21. The molecule has 0 aliphatic heterocycles. The van der Waals surface area contributed by atoms with E-state index in [9.17, 15) is 24.2 Å². The molecule has 1 aromatic heterocycles. The maximum atomic E-state index is 14.2. The third-order valence-electron chi connectivity index (χ3n) is 6.41. The lowest BCUT2D eigenvalue weighted by Crippen LogP contribution is -2.47. The number of aliphatic hydroxyl groups is 1. The number of aromatic nitrogens is 1. The number of amides is 1. The average molecular weight is 552 g/mol. The van der Waals surface area contributed by atoms with Crippen LogP contribution in [-0.2, 0) is 22.4 Å². The number of aliphatic hydroxyl groups excluding tert-OH is 1. The molecule has 3 atom stereocenters. The maximum Gasteiger partial charge on any atom is 0.407 e. The van der Waals surface area contributed by atoms with Gasteiger partial charge in [0.2, 0.25) is 0 Å². The molecule has 40 heavy (non-hydrogen) atoms. The van der Waals surface area contributed by atoms with Crippen LogP contribution in [-0.4, -0.2) is 59.1 Å². The van der Waals surface area contributed by atoms with Crippen molar-refractivity contribution in [2.45, 2.75) is 57.8 Å². The van der Waals surface area contributed by atoms with Crippen LogP contribution in [0.5, 0.6) is 0 Å². The van der Waals surface area contributed by atoms with E-state index in [0.717, 1.165) is 22.5 Å². The topological polar surface area (TPSA) is 112 Å². The molecule has 0 fully saturated rings. The highest BCUT2D eigenvalue weighted by molar-refractivity contribution is 5.71. The van der Waals surface area contributed by atoms with Crippen molar-refractivity contribution in [1.29, 1.82) is 0 Å². The zero-order valence-electron chi connectivity index (χ0n) is 23.6. The second-order valence-corrected chi connectivity index (χ2v) is 11.1.